The van der Waals surface area contributed by atoms with E-state index in [4.69, 9.17) is 0 Å². The van der Waals surface area contributed by atoms with Gasteiger partial charge in [0.2, 0.25) is 0 Å². The Morgan fingerprint density at radius 2 is 1.00 bits per heavy atom. The predicted octanol–water partition coefficient (Wildman–Crippen LogP) is -0.924. The first-order valence-corrected chi connectivity index (χ1v) is 0. The van der Waals surface area contributed by atoms with E-state index < -0.39 is 0 Å². The average molecular weight is 362 g/mol. The summed E-state index contributed by atoms with van der Waals surface area (Å²) in [5.41, 5.74) is 0. The minimum atomic E-state index is 0. The van der Waals surface area contributed by atoms with Crippen LogP contribution >= 0.6 is 0 Å². The Balaban J connectivity index is 0. The van der Waals surface area contributed by atoms with Crippen molar-refractivity contribution in [3.05, 3.63) is 0 Å². The third-order valence-electron chi connectivity index (χ3n) is 0. The monoisotopic (exact) mass is 365 g/mol. The summed E-state index contributed by atoms with van der Waals surface area (Å²) >= 11 is 0. The van der Waals surface area contributed by atoms with Gasteiger partial charge in [0.05, 0.1) is 0 Å². The molecule has 0 aromatic rings. The van der Waals surface area contributed by atoms with Crippen LogP contribution in [0.25, 0.3) is 0 Å². The molecule has 0 unspecified atom stereocenters. The molecule has 0 aliphatic carbocycles. The molecular weight excluding hydrogens is 360 g/mol. The predicted molar refractivity (Wildman–Crippen MR) is 8.54 cm³/mol. The summed E-state index contributed by atoms with van der Waals surface area (Å²) < 4.78 is 0. The number of rotatable bonds is 0. The number of hydrogen-bond acceptors (Lipinski definition) is 0. The third-order valence-corrected chi connectivity index (χ3v) is 0. The quantitative estimate of drug-likeness (QED) is 0.490. The zero-order chi connectivity index (χ0) is 0. The zero-order valence-corrected chi connectivity index (χ0v) is 11.5. The van der Waals surface area contributed by atoms with Crippen molar-refractivity contribution in [2.45, 2.75) is 0 Å². The molecule has 0 aliphatic rings. The first-order valence-electron chi connectivity index (χ1n) is 0. The molecule has 0 rings (SSSR count). The van der Waals surface area contributed by atoms with E-state index in [1.54, 1.807) is 0 Å². The van der Waals surface area contributed by atoms with Crippen LogP contribution in [0.4, 0.5) is 0 Å². The van der Waals surface area contributed by atoms with E-state index >= 15 is 0 Å². The van der Waals surface area contributed by atoms with Crippen LogP contribution in [0.3, 0.4) is 0 Å². The van der Waals surface area contributed by atoms with E-state index in [9.17, 15) is 0 Å². The molecule has 0 saturated heterocycles. The molecule has 0 aromatic heterocycles. The molecule has 4 heteroatoms. The van der Waals surface area contributed by atoms with Crippen LogP contribution in [0.2, 0.25) is 0 Å². The summed E-state index contributed by atoms with van der Waals surface area (Å²) in [5, 5.41) is 0. The second-order valence-electron chi connectivity index (χ2n) is 0. The fraction of sp³-hybridized carbons (Fsp3) is 0. The molecular formula is H2CrMoNbSn. The molecule has 0 heterocycles. The van der Waals surface area contributed by atoms with Gasteiger partial charge in [-0.3, -0.25) is 0 Å². The topological polar surface area (TPSA) is 0 Å². The van der Waals surface area contributed by atoms with E-state index in [2.05, 4.69) is 0 Å². The second-order valence-corrected chi connectivity index (χ2v) is 0. The van der Waals surface area contributed by atoms with E-state index in [1.807, 2.05) is 0 Å². The molecule has 0 amide bonds. The van der Waals surface area contributed by atoms with Crippen molar-refractivity contribution < 1.29 is 60.8 Å². The summed E-state index contributed by atoms with van der Waals surface area (Å²) in [7, 11) is 0. The summed E-state index contributed by atoms with van der Waals surface area (Å²) in [6.07, 6.45) is 0. The second kappa shape index (κ2) is 17.1. The van der Waals surface area contributed by atoms with Gasteiger partial charge >= 0.3 is 23.9 Å². The first-order chi connectivity index (χ1) is 0. The molecule has 0 saturated carbocycles. The van der Waals surface area contributed by atoms with Crippen LogP contribution < -0.4 is 0 Å². The van der Waals surface area contributed by atoms with Crippen molar-refractivity contribution in [2.24, 2.45) is 0 Å². The fourth-order valence-electron chi connectivity index (χ4n) is 0. The Hall–Kier alpha value is 2.76. The van der Waals surface area contributed by atoms with Crippen LogP contribution in [0.15, 0.2) is 0 Å². The Morgan fingerprint density at radius 1 is 1.00 bits per heavy atom. The molecule has 0 aliphatic heterocycles. The molecule has 4 heavy (non-hydrogen) atoms. The fourth-order valence-corrected chi connectivity index (χ4v) is 0. The van der Waals surface area contributed by atoms with Crippen molar-refractivity contribution in [3.8, 4) is 0 Å². The van der Waals surface area contributed by atoms with Gasteiger partial charge in [0.25, 0.3) is 0 Å². The average Bonchev–Trinajstić information content (AvgIpc) is 0. The molecule has 3 radical (unpaired) electrons. The van der Waals surface area contributed by atoms with Crippen LogP contribution in [-0.4, -0.2) is 23.9 Å². The SMILES string of the molecule is [Cr].[Mo].[Nb].[SnH2]. The van der Waals surface area contributed by atoms with E-state index in [-0.39, 0.29) is 84.7 Å². The van der Waals surface area contributed by atoms with Gasteiger partial charge in [-0.25, -0.2) is 0 Å². The van der Waals surface area contributed by atoms with Crippen molar-refractivity contribution >= 4 is 23.9 Å². The van der Waals surface area contributed by atoms with E-state index in [0.717, 1.165) is 0 Å². The summed E-state index contributed by atoms with van der Waals surface area (Å²) in [6, 6.07) is 0. The molecule has 0 atom stereocenters. The van der Waals surface area contributed by atoms with E-state index in [1.165, 1.54) is 0 Å². The first kappa shape index (κ1) is 29.4. The Bertz CT molecular complexity index is 8.00. The van der Waals surface area contributed by atoms with Gasteiger partial charge in [-0.05, 0) is 0 Å². The maximum absolute atomic E-state index is 0. The molecule has 0 aromatic carbocycles. The van der Waals surface area contributed by atoms with Gasteiger partial charge in [0, 0.05) is 60.8 Å². The molecule has 0 nitrogen and oxygen atoms in total. The van der Waals surface area contributed by atoms with E-state index in [0.29, 0.717) is 0 Å². The zero-order valence-electron chi connectivity index (χ0n) is 1.97. The molecule has 0 N–H and O–H groups in total. The Labute approximate surface area is 83.3 Å². The maximum atomic E-state index is 0. The Kier molecular flexibility index (Phi) is 126. The van der Waals surface area contributed by atoms with Gasteiger partial charge < -0.3 is 0 Å². The molecule has 0 spiro atoms. The summed E-state index contributed by atoms with van der Waals surface area (Å²) in [5.74, 6) is 0. The van der Waals surface area contributed by atoms with Crippen LogP contribution in [0.1, 0.15) is 0 Å². The molecule has 23 valence electrons. The van der Waals surface area contributed by atoms with Gasteiger partial charge in [-0.1, -0.05) is 0 Å². The van der Waals surface area contributed by atoms with Gasteiger partial charge in [0.15, 0.2) is 0 Å². The summed E-state index contributed by atoms with van der Waals surface area (Å²) in [4.78, 5) is 0. The standard InChI is InChI=1S/Cr.Mo.Nb.Sn.2H. The van der Waals surface area contributed by atoms with Crippen molar-refractivity contribution in [2.75, 3.05) is 0 Å². The minimum absolute atomic E-state index is 0. The van der Waals surface area contributed by atoms with Crippen molar-refractivity contribution in [3.63, 3.8) is 0 Å². The van der Waals surface area contributed by atoms with Gasteiger partial charge in [-0.15, -0.1) is 0 Å². The number of hydrogen-bond donors (Lipinski definition) is 0. The summed E-state index contributed by atoms with van der Waals surface area (Å²) in [6.45, 7) is 0. The Morgan fingerprint density at radius 3 is 1.00 bits per heavy atom. The normalized spacial score (nSPS) is 0. The third kappa shape index (κ3) is 8.83. The van der Waals surface area contributed by atoms with Crippen LogP contribution in [0.5, 0.6) is 0 Å². The van der Waals surface area contributed by atoms with Crippen molar-refractivity contribution in [1.29, 1.82) is 0 Å². The van der Waals surface area contributed by atoms with Crippen LogP contribution in [-0.2, 0) is 60.8 Å². The van der Waals surface area contributed by atoms with Crippen molar-refractivity contribution in [1.82, 2.24) is 0 Å². The molecule has 0 bridgehead atoms. The van der Waals surface area contributed by atoms with Crippen LogP contribution in [0, 0.1) is 0 Å². The molecule has 0 fully saturated rings. The van der Waals surface area contributed by atoms with Gasteiger partial charge in [0.1, 0.15) is 0 Å². The van der Waals surface area contributed by atoms with Gasteiger partial charge in [-0.2, -0.15) is 0 Å².